The Morgan fingerprint density at radius 2 is 1.94 bits per heavy atom. The van der Waals surface area contributed by atoms with Gasteiger partial charge in [-0.05, 0) is 28.8 Å². The highest BCUT2D eigenvalue weighted by atomic mass is 127. The SMILES string of the molecule is Cl.Cl.O=C(C=Cc1cnc(N[C@@H]2CCN(Cc3cccc4ccccc34)C2I)cn1)NO. The summed E-state index contributed by atoms with van der Waals surface area (Å²) in [4.78, 5) is 22.2. The molecule has 1 saturated heterocycles. The van der Waals surface area contributed by atoms with E-state index < -0.39 is 5.91 Å². The fraction of sp³-hybridized carbons (Fsp3) is 0.227. The zero-order chi connectivity index (χ0) is 20.9. The van der Waals surface area contributed by atoms with Crippen LogP contribution < -0.4 is 10.8 Å². The maximum absolute atomic E-state index is 11.0. The van der Waals surface area contributed by atoms with Gasteiger partial charge in [-0.25, -0.2) is 10.5 Å². The van der Waals surface area contributed by atoms with Crippen LogP contribution in [0, 0.1) is 0 Å². The number of hydroxylamine groups is 1. The third-order valence-corrected chi connectivity index (χ3v) is 6.84. The van der Waals surface area contributed by atoms with Gasteiger partial charge in [0.25, 0.3) is 5.91 Å². The van der Waals surface area contributed by atoms with Crippen LogP contribution in [0.25, 0.3) is 16.8 Å². The van der Waals surface area contributed by atoms with Crippen molar-refractivity contribution < 1.29 is 10.0 Å². The van der Waals surface area contributed by atoms with E-state index in [1.165, 1.54) is 34.0 Å². The molecule has 1 aliphatic rings. The summed E-state index contributed by atoms with van der Waals surface area (Å²) in [6.07, 6.45) is 6.96. The number of rotatable bonds is 6. The standard InChI is InChI=1S/C22H22IN5O2.2ClH/c23-22-19(26-20-13-24-17(12-25-20)8-9-21(29)27-30)10-11-28(22)14-16-6-3-5-15-4-1-2-7-18(15)16;;/h1-9,12-13,19,22,30H,10-11,14H2,(H,25,26)(H,27,29);2*1H/t19-,22?;;/m1../s1. The minimum Gasteiger partial charge on any atom is -0.364 e. The molecule has 10 heteroatoms. The molecule has 1 unspecified atom stereocenters. The number of halogens is 3. The van der Waals surface area contributed by atoms with E-state index in [1.807, 2.05) is 0 Å². The molecule has 1 amide bonds. The first-order valence-electron chi connectivity index (χ1n) is 9.69. The molecule has 0 saturated carbocycles. The first-order chi connectivity index (χ1) is 14.6. The normalized spacial score (nSPS) is 18.2. The summed E-state index contributed by atoms with van der Waals surface area (Å²) in [5.41, 5.74) is 3.43. The van der Waals surface area contributed by atoms with Crippen LogP contribution >= 0.6 is 47.4 Å². The van der Waals surface area contributed by atoms with Gasteiger partial charge in [-0.15, -0.1) is 24.8 Å². The molecule has 32 heavy (non-hydrogen) atoms. The maximum Gasteiger partial charge on any atom is 0.267 e. The first kappa shape index (κ1) is 26.3. The van der Waals surface area contributed by atoms with E-state index in [9.17, 15) is 4.79 Å². The van der Waals surface area contributed by atoms with E-state index in [0.29, 0.717) is 15.6 Å². The minimum atomic E-state index is -0.607. The molecule has 3 aromatic rings. The molecule has 2 heterocycles. The average Bonchev–Trinajstić information content (AvgIpc) is 3.12. The van der Waals surface area contributed by atoms with E-state index >= 15 is 0 Å². The van der Waals surface area contributed by atoms with Crippen LogP contribution in [-0.4, -0.2) is 42.6 Å². The van der Waals surface area contributed by atoms with Crippen molar-refractivity contribution in [2.24, 2.45) is 0 Å². The lowest BCUT2D eigenvalue weighted by molar-refractivity contribution is -0.124. The predicted octanol–water partition coefficient (Wildman–Crippen LogP) is 4.44. The van der Waals surface area contributed by atoms with Crippen molar-refractivity contribution in [1.29, 1.82) is 0 Å². The quantitative estimate of drug-likeness (QED) is 0.0986. The van der Waals surface area contributed by atoms with Gasteiger partial charge in [0.1, 0.15) is 5.82 Å². The summed E-state index contributed by atoms with van der Waals surface area (Å²) in [6, 6.07) is 15.3. The van der Waals surface area contributed by atoms with E-state index in [0.717, 1.165) is 19.5 Å². The van der Waals surface area contributed by atoms with Crippen molar-refractivity contribution >= 4 is 76.0 Å². The Kier molecular flexibility index (Phi) is 10.1. The number of nitrogens with one attached hydrogen (secondary N) is 2. The smallest absolute Gasteiger partial charge is 0.267 e. The second-order valence-corrected chi connectivity index (χ2v) is 8.43. The number of anilines is 1. The van der Waals surface area contributed by atoms with Gasteiger partial charge in [0.2, 0.25) is 0 Å². The second kappa shape index (κ2) is 12.3. The first-order valence-corrected chi connectivity index (χ1v) is 10.9. The second-order valence-electron chi connectivity index (χ2n) is 7.16. The van der Waals surface area contributed by atoms with Gasteiger partial charge in [-0.2, -0.15) is 0 Å². The largest absolute Gasteiger partial charge is 0.364 e. The highest BCUT2D eigenvalue weighted by Crippen LogP contribution is 2.29. The van der Waals surface area contributed by atoms with Crippen LogP contribution in [-0.2, 0) is 11.3 Å². The summed E-state index contributed by atoms with van der Waals surface area (Å²) in [5, 5.41) is 14.6. The van der Waals surface area contributed by atoms with Crippen LogP contribution in [0.2, 0.25) is 0 Å². The summed E-state index contributed by atoms with van der Waals surface area (Å²) >= 11 is 2.50. The van der Waals surface area contributed by atoms with E-state index in [1.54, 1.807) is 12.4 Å². The molecular weight excluding hydrogens is 564 g/mol. The number of alkyl halides is 1. The number of fused-ring (bicyclic) bond motifs is 1. The van der Waals surface area contributed by atoms with Crippen LogP contribution in [0.15, 0.2) is 60.9 Å². The molecule has 0 aliphatic carbocycles. The molecule has 7 nitrogen and oxygen atoms in total. The molecule has 4 rings (SSSR count). The molecular formula is C22H24Cl2IN5O2. The number of carbonyl (C=O) groups is 1. The van der Waals surface area contributed by atoms with Gasteiger partial charge in [0.05, 0.1) is 28.2 Å². The van der Waals surface area contributed by atoms with Crippen LogP contribution in [0.4, 0.5) is 5.82 Å². The zero-order valence-corrected chi connectivity index (χ0v) is 20.8. The zero-order valence-electron chi connectivity index (χ0n) is 17.0. The predicted molar refractivity (Wildman–Crippen MR) is 140 cm³/mol. The number of amides is 1. The molecule has 170 valence electrons. The summed E-state index contributed by atoms with van der Waals surface area (Å²) in [7, 11) is 0. The Labute approximate surface area is 212 Å². The monoisotopic (exact) mass is 587 g/mol. The summed E-state index contributed by atoms with van der Waals surface area (Å²) < 4.78 is 0.330. The van der Waals surface area contributed by atoms with Crippen molar-refractivity contribution in [3.8, 4) is 0 Å². The molecule has 1 aromatic heterocycles. The Bertz CT molecular complexity index is 1060. The molecule has 3 N–H and O–H groups in total. The number of benzene rings is 2. The maximum atomic E-state index is 11.0. The van der Waals surface area contributed by atoms with E-state index in [4.69, 9.17) is 5.21 Å². The van der Waals surface area contributed by atoms with Gasteiger partial charge in [0, 0.05) is 19.2 Å². The van der Waals surface area contributed by atoms with Crippen molar-refractivity contribution in [2.45, 2.75) is 23.1 Å². The lowest BCUT2D eigenvalue weighted by Crippen LogP contribution is -2.33. The van der Waals surface area contributed by atoms with Crippen LogP contribution in [0.3, 0.4) is 0 Å². The van der Waals surface area contributed by atoms with Gasteiger partial charge in [0.15, 0.2) is 0 Å². The Morgan fingerprint density at radius 1 is 1.16 bits per heavy atom. The van der Waals surface area contributed by atoms with Crippen molar-refractivity contribution in [2.75, 3.05) is 11.9 Å². The average molecular weight is 588 g/mol. The summed E-state index contributed by atoms with van der Waals surface area (Å²) in [5.74, 6) is 0.0985. The number of hydrogen-bond donors (Lipinski definition) is 3. The molecule has 1 aliphatic heterocycles. The topological polar surface area (TPSA) is 90.4 Å². The van der Waals surface area contributed by atoms with Gasteiger partial charge < -0.3 is 5.32 Å². The van der Waals surface area contributed by atoms with Gasteiger partial charge in [-0.3, -0.25) is 19.9 Å². The fourth-order valence-electron chi connectivity index (χ4n) is 3.66. The lowest BCUT2D eigenvalue weighted by Gasteiger charge is -2.24. The number of likely N-dealkylation sites (tertiary alicyclic amines) is 1. The number of nitrogens with zero attached hydrogens (tertiary/aromatic N) is 3. The Hall–Kier alpha value is -1.98. The molecule has 2 atom stereocenters. The number of hydrogen-bond acceptors (Lipinski definition) is 6. The van der Waals surface area contributed by atoms with Crippen molar-refractivity contribution in [3.05, 3.63) is 72.2 Å². The fourth-order valence-corrected chi connectivity index (χ4v) is 4.68. The molecule has 0 bridgehead atoms. The highest BCUT2D eigenvalue weighted by molar-refractivity contribution is 14.1. The van der Waals surface area contributed by atoms with Gasteiger partial charge >= 0.3 is 0 Å². The van der Waals surface area contributed by atoms with E-state index in [-0.39, 0.29) is 30.9 Å². The number of carbonyl (C=O) groups excluding carboxylic acids is 1. The highest BCUT2D eigenvalue weighted by Gasteiger charge is 2.32. The van der Waals surface area contributed by atoms with Crippen molar-refractivity contribution in [3.63, 3.8) is 0 Å². The van der Waals surface area contributed by atoms with Crippen LogP contribution in [0.5, 0.6) is 0 Å². The molecule has 0 spiro atoms. The third kappa shape index (κ3) is 6.29. The van der Waals surface area contributed by atoms with Crippen molar-refractivity contribution in [1.82, 2.24) is 20.3 Å². The molecule has 1 fully saturated rings. The van der Waals surface area contributed by atoms with Crippen LogP contribution in [0.1, 0.15) is 17.7 Å². The molecule has 2 aromatic carbocycles. The minimum absolute atomic E-state index is 0. The summed E-state index contributed by atoms with van der Waals surface area (Å²) in [6.45, 7) is 1.93. The number of aromatic nitrogens is 2. The Morgan fingerprint density at radius 3 is 2.69 bits per heavy atom. The Balaban J connectivity index is 0.00000181. The van der Waals surface area contributed by atoms with Gasteiger partial charge in [-0.1, -0.05) is 65.1 Å². The lowest BCUT2D eigenvalue weighted by atomic mass is 10.0. The molecule has 0 radical (unpaired) electrons. The van der Waals surface area contributed by atoms with E-state index in [2.05, 4.69) is 85.2 Å². The third-order valence-electron chi connectivity index (χ3n) is 5.18.